The summed E-state index contributed by atoms with van der Waals surface area (Å²) in [5.41, 5.74) is 2.84. The number of piperidine rings is 1. The molecular formula is C18H27N3O2S. The van der Waals surface area contributed by atoms with E-state index in [0.717, 1.165) is 45.2 Å². The van der Waals surface area contributed by atoms with Gasteiger partial charge in [-0.2, -0.15) is 17.0 Å². The van der Waals surface area contributed by atoms with Crippen LogP contribution in [-0.4, -0.2) is 61.2 Å². The molecule has 2 saturated heterocycles. The van der Waals surface area contributed by atoms with Crippen LogP contribution in [-0.2, 0) is 16.6 Å². The monoisotopic (exact) mass is 349 g/mol. The third-order valence-electron chi connectivity index (χ3n) is 6.04. The average molecular weight is 350 g/mol. The second-order valence-corrected chi connectivity index (χ2v) is 9.30. The van der Waals surface area contributed by atoms with Crippen LogP contribution in [0, 0.1) is 0 Å². The maximum Gasteiger partial charge on any atom is 0.281 e. The minimum absolute atomic E-state index is 0.100. The van der Waals surface area contributed by atoms with Crippen LogP contribution in [0.5, 0.6) is 0 Å². The van der Waals surface area contributed by atoms with E-state index in [1.54, 1.807) is 15.7 Å². The van der Waals surface area contributed by atoms with E-state index in [4.69, 9.17) is 0 Å². The van der Waals surface area contributed by atoms with Crippen LogP contribution in [0.15, 0.2) is 24.3 Å². The summed E-state index contributed by atoms with van der Waals surface area (Å²) in [4.78, 5) is 2.54. The second kappa shape index (κ2) is 6.41. The van der Waals surface area contributed by atoms with Crippen molar-refractivity contribution >= 4 is 10.2 Å². The molecule has 4 rings (SSSR count). The molecule has 0 aromatic heterocycles. The van der Waals surface area contributed by atoms with E-state index in [1.165, 1.54) is 11.1 Å². The highest BCUT2D eigenvalue weighted by atomic mass is 32.2. The lowest BCUT2D eigenvalue weighted by molar-refractivity contribution is 0.0952. The number of rotatable bonds is 3. The summed E-state index contributed by atoms with van der Waals surface area (Å²) in [7, 11) is -1.52. The lowest BCUT2D eigenvalue weighted by atomic mass is 9.85. The van der Waals surface area contributed by atoms with E-state index in [-0.39, 0.29) is 6.04 Å². The fourth-order valence-corrected chi connectivity index (χ4v) is 6.21. The normalized spacial score (nSPS) is 28.8. The fourth-order valence-electron chi connectivity index (χ4n) is 4.56. The molecule has 0 spiro atoms. The predicted octanol–water partition coefficient (Wildman–Crippen LogP) is 2.02. The van der Waals surface area contributed by atoms with Crippen molar-refractivity contribution in [2.75, 3.05) is 33.2 Å². The maximum absolute atomic E-state index is 12.9. The van der Waals surface area contributed by atoms with E-state index in [9.17, 15) is 8.42 Å². The summed E-state index contributed by atoms with van der Waals surface area (Å²) in [6.45, 7) is 3.44. The van der Waals surface area contributed by atoms with Gasteiger partial charge in [-0.3, -0.25) is 4.90 Å². The molecule has 0 unspecified atom stereocenters. The van der Waals surface area contributed by atoms with Crippen molar-refractivity contribution in [3.8, 4) is 0 Å². The predicted molar refractivity (Wildman–Crippen MR) is 95.0 cm³/mol. The number of hydrogen-bond donors (Lipinski definition) is 0. The van der Waals surface area contributed by atoms with Crippen LogP contribution in [0.25, 0.3) is 0 Å². The zero-order chi connectivity index (χ0) is 16.7. The Balaban J connectivity index is 1.55. The first-order valence-corrected chi connectivity index (χ1v) is 10.5. The molecule has 6 heteroatoms. The largest absolute Gasteiger partial charge is 0.296 e. The summed E-state index contributed by atoms with van der Waals surface area (Å²) < 4.78 is 29.1. The summed E-state index contributed by atoms with van der Waals surface area (Å²) >= 11 is 0. The van der Waals surface area contributed by atoms with E-state index in [1.807, 2.05) is 0 Å². The molecular weight excluding hydrogens is 322 g/mol. The average Bonchev–Trinajstić information content (AvgIpc) is 3.16. The summed E-state index contributed by atoms with van der Waals surface area (Å²) in [5, 5.41) is 0. The zero-order valence-corrected chi connectivity index (χ0v) is 15.2. The van der Waals surface area contributed by atoms with Gasteiger partial charge < -0.3 is 0 Å². The van der Waals surface area contributed by atoms with Gasteiger partial charge in [-0.1, -0.05) is 24.3 Å². The van der Waals surface area contributed by atoms with Crippen LogP contribution in [0.1, 0.15) is 42.9 Å². The van der Waals surface area contributed by atoms with Gasteiger partial charge in [0.05, 0.1) is 0 Å². The Hall–Kier alpha value is -0.950. The van der Waals surface area contributed by atoms with Gasteiger partial charge in [-0.05, 0) is 43.2 Å². The van der Waals surface area contributed by atoms with E-state index in [0.29, 0.717) is 19.1 Å². The first kappa shape index (κ1) is 16.5. The summed E-state index contributed by atoms with van der Waals surface area (Å²) in [5.74, 6) is 0. The Bertz CT molecular complexity index is 700. The molecule has 3 aliphatic rings. The topological polar surface area (TPSA) is 43.9 Å². The van der Waals surface area contributed by atoms with Crippen LogP contribution < -0.4 is 0 Å². The standard InChI is InChI=1S/C18H27N3O2S/c1-19(24(22,23)21-10-4-5-11-21)16-9-13-20-12-8-15-6-2-3-7-17(15)18(20)14-16/h2-3,6-7,16,18H,4-5,8-14H2,1H3/t16-,18+/m1/s1. The van der Waals surface area contributed by atoms with Crippen LogP contribution in [0.3, 0.4) is 0 Å². The smallest absolute Gasteiger partial charge is 0.281 e. The fraction of sp³-hybridized carbons (Fsp3) is 0.667. The van der Waals surface area contributed by atoms with E-state index in [2.05, 4.69) is 29.2 Å². The van der Waals surface area contributed by atoms with Crippen molar-refractivity contribution in [2.24, 2.45) is 0 Å². The molecule has 0 radical (unpaired) electrons. The first-order chi connectivity index (χ1) is 11.6. The molecule has 5 nitrogen and oxygen atoms in total. The lowest BCUT2D eigenvalue weighted by Crippen LogP contribution is -2.51. The van der Waals surface area contributed by atoms with Crippen LogP contribution in [0.2, 0.25) is 0 Å². The van der Waals surface area contributed by atoms with Crippen molar-refractivity contribution in [3.63, 3.8) is 0 Å². The van der Waals surface area contributed by atoms with E-state index < -0.39 is 10.2 Å². The number of hydrogen-bond acceptors (Lipinski definition) is 3. The van der Waals surface area contributed by atoms with Crippen molar-refractivity contribution in [1.82, 2.24) is 13.5 Å². The zero-order valence-electron chi connectivity index (χ0n) is 14.4. The summed E-state index contributed by atoms with van der Waals surface area (Å²) in [6, 6.07) is 9.13. The highest BCUT2D eigenvalue weighted by molar-refractivity contribution is 7.86. The minimum Gasteiger partial charge on any atom is -0.296 e. The molecule has 0 amide bonds. The van der Waals surface area contributed by atoms with Crippen molar-refractivity contribution < 1.29 is 8.42 Å². The lowest BCUT2D eigenvalue weighted by Gasteiger charge is -2.45. The van der Waals surface area contributed by atoms with E-state index >= 15 is 0 Å². The Kier molecular flexibility index (Phi) is 4.41. The van der Waals surface area contributed by atoms with Gasteiger partial charge in [0, 0.05) is 45.3 Å². The van der Waals surface area contributed by atoms with Gasteiger partial charge in [0.2, 0.25) is 0 Å². The SMILES string of the molecule is CN([C@@H]1CCN2CCc3ccccc3[C@@H]2C1)S(=O)(=O)N1CCCC1. The second-order valence-electron chi connectivity index (χ2n) is 7.31. The van der Waals surface area contributed by atoms with Crippen molar-refractivity contribution in [2.45, 2.75) is 44.2 Å². The van der Waals surface area contributed by atoms with Gasteiger partial charge in [-0.15, -0.1) is 0 Å². The molecule has 2 atom stereocenters. The molecule has 1 aromatic carbocycles. The highest BCUT2D eigenvalue weighted by Crippen LogP contribution is 2.38. The number of benzene rings is 1. The molecule has 1 aromatic rings. The Morgan fingerprint density at radius 3 is 2.62 bits per heavy atom. The van der Waals surface area contributed by atoms with Gasteiger partial charge in [0.25, 0.3) is 10.2 Å². The van der Waals surface area contributed by atoms with Crippen molar-refractivity contribution in [1.29, 1.82) is 0 Å². The van der Waals surface area contributed by atoms with Crippen molar-refractivity contribution in [3.05, 3.63) is 35.4 Å². The maximum atomic E-state index is 12.9. The minimum atomic E-state index is -3.31. The molecule has 0 bridgehead atoms. The number of fused-ring (bicyclic) bond motifs is 3. The molecule has 132 valence electrons. The molecule has 0 saturated carbocycles. The number of nitrogens with zero attached hydrogens (tertiary/aromatic N) is 3. The molecule has 24 heavy (non-hydrogen) atoms. The third-order valence-corrected chi connectivity index (χ3v) is 8.08. The molecule has 0 aliphatic carbocycles. The van der Waals surface area contributed by atoms with Gasteiger partial charge in [0.15, 0.2) is 0 Å². The Labute approximate surface area is 145 Å². The first-order valence-electron chi connectivity index (χ1n) is 9.12. The quantitative estimate of drug-likeness (QED) is 0.839. The van der Waals surface area contributed by atoms with Gasteiger partial charge in [0.1, 0.15) is 0 Å². The van der Waals surface area contributed by atoms with Crippen LogP contribution in [0.4, 0.5) is 0 Å². The highest BCUT2D eigenvalue weighted by Gasteiger charge is 2.39. The summed E-state index contributed by atoms with van der Waals surface area (Å²) in [6.07, 6.45) is 4.92. The van der Waals surface area contributed by atoms with Gasteiger partial charge >= 0.3 is 0 Å². The molecule has 0 N–H and O–H groups in total. The Morgan fingerprint density at radius 2 is 1.83 bits per heavy atom. The third kappa shape index (κ3) is 2.79. The molecule has 2 fully saturated rings. The molecule has 3 heterocycles. The molecule has 3 aliphatic heterocycles. The van der Waals surface area contributed by atoms with Gasteiger partial charge in [-0.25, -0.2) is 0 Å². The van der Waals surface area contributed by atoms with Crippen LogP contribution >= 0.6 is 0 Å². The Morgan fingerprint density at radius 1 is 1.08 bits per heavy atom.